The van der Waals surface area contributed by atoms with Crippen molar-refractivity contribution < 1.29 is 9.18 Å². The molecule has 4 N–H and O–H groups in total. The van der Waals surface area contributed by atoms with Gasteiger partial charge in [0.05, 0.1) is 6.54 Å². The molecular weight excluding hydrogens is 283 g/mol. The van der Waals surface area contributed by atoms with E-state index in [1.807, 2.05) is 19.1 Å². The van der Waals surface area contributed by atoms with Gasteiger partial charge in [-0.15, -0.1) is 0 Å². The highest BCUT2D eigenvalue weighted by atomic mass is 19.1. The molecule has 5 nitrogen and oxygen atoms in total. The molecule has 1 amide bonds. The zero-order chi connectivity index (χ0) is 16.1. The standard InChI is InChI=1S/C16H19FN4O/c1-2-3-4-8-12-14(16(19)22)20-21(15(12)18)10-11-7-5-6-9-13(11)17/h2-3,5-7,9H,4,8,10,18H2,1H3,(H2,19,22)/b3-2-. The third-order valence-electron chi connectivity index (χ3n) is 3.40. The van der Waals surface area contributed by atoms with Crippen molar-refractivity contribution in [1.82, 2.24) is 9.78 Å². The number of hydrogen-bond donors (Lipinski definition) is 2. The van der Waals surface area contributed by atoms with Crippen molar-refractivity contribution in [1.29, 1.82) is 0 Å². The van der Waals surface area contributed by atoms with Gasteiger partial charge >= 0.3 is 0 Å². The SMILES string of the molecule is C/C=C\CCc1c(C(N)=O)nn(Cc2ccccc2F)c1N. The lowest BCUT2D eigenvalue weighted by Gasteiger charge is -2.06. The molecule has 0 saturated carbocycles. The summed E-state index contributed by atoms with van der Waals surface area (Å²) in [4.78, 5) is 11.5. The molecule has 0 aliphatic rings. The first kappa shape index (κ1) is 15.8. The van der Waals surface area contributed by atoms with Gasteiger partial charge in [0, 0.05) is 11.1 Å². The maximum atomic E-state index is 13.7. The van der Waals surface area contributed by atoms with Crippen molar-refractivity contribution >= 4 is 11.7 Å². The number of halogens is 1. The number of hydrogen-bond acceptors (Lipinski definition) is 3. The molecule has 0 aliphatic carbocycles. The van der Waals surface area contributed by atoms with Crippen LogP contribution in [0.2, 0.25) is 0 Å². The van der Waals surface area contributed by atoms with Crippen LogP contribution in [-0.4, -0.2) is 15.7 Å². The van der Waals surface area contributed by atoms with Gasteiger partial charge in [0.25, 0.3) is 5.91 Å². The Labute approximate surface area is 128 Å². The lowest BCUT2D eigenvalue weighted by Crippen LogP contribution is -2.14. The predicted octanol–water partition coefficient (Wildman–Crippen LogP) is 2.26. The molecule has 1 aromatic carbocycles. The van der Waals surface area contributed by atoms with Crippen LogP contribution in [0.15, 0.2) is 36.4 Å². The molecule has 0 saturated heterocycles. The highest BCUT2D eigenvalue weighted by Gasteiger charge is 2.19. The van der Waals surface area contributed by atoms with E-state index in [4.69, 9.17) is 11.5 Å². The number of carbonyl (C=O) groups is 1. The molecule has 0 fully saturated rings. The summed E-state index contributed by atoms with van der Waals surface area (Å²) in [5, 5.41) is 4.15. The Morgan fingerprint density at radius 1 is 1.41 bits per heavy atom. The molecule has 0 spiro atoms. The number of amides is 1. The van der Waals surface area contributed by atoms with E-state index in [-0.39, 0.29) is 18.1 Å². The average molecular weight is 302 g/mol. The number of nitrogens with zero attached hydrogens (tertiary/aromatic N) is 2. The highest BCUT2D eigenvalue weighted by molar-refractivity contribution is 5.93. The van der Waals surface area contributed by atoms with Gasteiger partial charge in [-0.1, -0.05) is 30.4 Å². The molecule has 6 heteroatoms. The van der Waals surface area contributed by atoms with Gasteiger partial charge in [0.2, 0.25) is 0 Å². The molecule has 2 rings (SSSR count). The maximum absolute atomic E-state index is 13.7. The molecule has 1 heterocycles. The van der Waals surface area contributed by atoms with E-state index in [9.17, 15) is 9.18 Å². The number of nitrogen functional groups attached to an aromatic ring is 1. The van der Waals surface area contributed by atoms with Gasteiger partial charge in [0.15, 0.2) is 5.69 Å². The van der Waals surface area contributed by atoms with Crippen LogP contribution in [0.25, 0.3) is 0 Å². The first-order valence-corrected chi connectivity index (χ1v) is 7.04. The zero-order valence-corrected chi connectivity index (χ0v) is 12.4. The lowest BCUT2D eigenvalue weighted by atomic mass is 10.1. The molecule has 0 atom stereocenters. The van der Waals surface area contributed by atoms with Crippen LogP contribution in [0.3, 0.4) is 0 Å². The second kappa shape index (κ2) is 6.89. The molecule has 1 aromatic heterocycles. The van der Waals surface area contributed by atoms with E-state index in [1.165, 1.54) is 10.7 Å². The van der Waals surface area contributed by atoms with Crippen molar-refractivity contribution in [3.63, 3.8) is 0 Å². The Morgan fingerprint density at radius 2 is 2.14 bits per heavy atom. The van der Waals surface area contributed by atoms with E-state index in [2.05, 4.69) is 5.10 Å². The Kier molecular flexibility index (Phi) is 4.93. The van der Waals surface area contributed by atoms with Gasteiger partial charge in [-0.3, -0.25) is 4.79 Å². The third-order valence-corrected chi connectivity index (χ3v) is 3.40. The van der Waals surface area contributed by atoms with Crippen LogP contribution >= 0.6 is 0 Å². The second-order valence-corrected chi connectivity index (χ2v) is 4.93. The van der Waals surface area contributed by atoms with Crippen LogP contribution in [0, 0.1) is 5.82 Å². The molecular formula is C16H19FN4O. The summed E-state index contributed by atoms with van der Waals surface area (Å²) in [6.45, 7) is 2.07. The number of anilines is 1. The van der Waals surface area contributed by atoms with Crippen molar-refractivity contribution in [2.75, 3.05) is 5.73 Å². The van der Waals surface area contributed by atoms with E-state index < -0.39 is 5.91 Å². The van der Waals surface area contributed by atoms with E-state index in [1.54, 1.807) is 18.2 Å². The minimum absolute atomic E-state index is 0.151. The summed E-state index contributed by atoms with van der Waals surface area (Å²) >= 11 is 0. The molecule has 116 valence electrons. The normalized spacial score (nSPS) is 11.2. The summed E-state index contributed by atoms with van der Waals surface area (Å²) < 4.78 is 15.2. The minimum atomic E-state index is -0.630. The van der Waals surface area contributed by atoms with Crippen LogP contribution in [0.1, 0.15) is 35.0 Å². The molecule has 0 unspecified atom stereocenters. The fraction of sp³-hybridized carbons (Fsp3) is 0.250. The topological polar surface area (TPSA) is 86.9 Å². The molecule has 0 aliphatic heterocycles. The van der Waals surface area contributed by atoms with Crippen LogP contribution < -0.4 is 11.5 Å². The minimum Gasteiger partial charge on any atom is -0.384 e. The number of aromatic nitrogens is 2. The first-order chi connectivity index (χ1) is 10.5. The lowest BCUT2D eigenvalue weighted by molar-refractivity contribution is 0.0994. The van der Waals surface area contributed by atoms with Crippen LogP contribution in [-0.2, 0) is 13.0 Å². The van der Waals surface area contributed by atoms with E-state index in [0.29, 0.717) is 23.4 Å². The largest absolute Gasteiger partial charge is 0.384 e. The third kappa shape index (κ3) is 3.33. The Morgan fingerprint density at radius 3 is 2.77 bits per heavy atom. The summed E-state index contributed by atoms with van der Waals surface area (Å²) in [7, 11) is 0. The number of benzene rings is 1. The fourth-order valence-corrected chi connectivity index (χ4v) is 2.26. The van der Waals surface area contributed by atoms with E-state index >= 15 is 0 Å². The Balaban J connectivity index is 2.34. The number of primary amides is 1. The maximum Gasteiger partial charge on any atom is 0.269 e. The van der Waals surface area contributed by atoms with Crippen LogP contribution in [0.5, 0.6) is 0 Å². The van der Waals surface area contributed by atoms with Crippen molar-refractivity contribution in [2.24, 2.45) is 5.73 Å². The Hall–Kier alpha value is -2.63. The van der Waals surface area contributed by atoms with Gasteiger partial charge in [-0.2, -0.15) is 5.10 Å². The predicted molar refractivity (Wildman–Crippen MR) is 83.8 cm³/mol. The quantitative estimate of drug-likeness (QED) is 0.802. The molecule has 2 aromatic rings. The number of rotatable bonds is 6. The number of carbonyl (C=O) groups excluding carboxylic acids is 1. The summed E-state index contributed by atoms with van der Waals surface area (Å²) in [5.41, 5.74) is 12.6. The second-order valence-electron chi connectivity index (χ2n) is 4.93. The van der Waals surface area contributed by atoms with Gasteiger partial charge in [-0.05, 0) is 25.8 Å². The van der Waals surface area contributed by atoms with Gasteiger partial charge in [-0.25, -0.2) is 9.07 Å². The summed E-state index contributed by atoms with van der Waals surface area (Å²) in [5.74, 6) is -0.621. The number of allylic oxidation sites excluding steroid dienone is 2. The summed E-state index contributed by atoms with van der Waals surface area (Å²) in [6.07, 6.45) is 5.18. The van der Waals surface area contributed by atoms with Gasteiger partial charge in [0.1, 0.15) is 11.6 Å². The highest BCUT2D eigenvalue weighted by Crippen LogP contribution is 2.21. The fourth-order valence-electron chi connectivity index (χ4n) is 2.26. The molecule has 0 bridgehead atoms. The average Bonchev–Trinajstić information content (AvgIpc) is 2.79. The van der Waals surface area contributed by atoms with Crippen molar-refractivity contribution in [3.8, 4) is 0 Å². The van der Waals surface area contributed by atoms with Crippen LogP contribution in [0.4, 0.5) is 10.2 Å². The smallest absolute Gasteiger partial charge is 0.269 e. The monoisotopic (exact) mass is 302 g/mol. The Bertz CT molecular complexity index is 706. The summed E-state index contributed by atoms with van der Waals surface area (Å²) in [6, 6.07) is 6.37. The first-order valence-electron chi connectivity index (χ1n) is 7.04. The van der Waals surface area contributed by atoms with Crippen molar-refractivity contribution in [2.45, 2.75) is 26.3 Å². The van der Waals surface area contributed by atoms with Gasteiger partial charge < -0.3 is 11.5 Å². The number of nitrogens with two attached hydrogens (primary N) is 2. The van der Waals surface area contributed by atoms with E-state index in [0.717, 1.165) is 6.42 Å². The zero-order valence-electron chi connectivity index (χ0n) is 12.4. The molecule has 22 heavy (non-hydrogen) atoms. The molecule has 0 radical (unpaired) electrons. The van der Waals surface area contributed by atoms with Crippen molar-refractivity contribution in [3.05, 3.63) is 59.1 Å².